The summed E-state index contributed by atoms with van der Waals surface area (Å²) in [6.07, 6.45) is -4.53. The molecule has 0 heterocycles. The number of nitrogens with one attached hydrogen (secondary N) is 1. The summed E-state index contributed by atoms with van der Waals surface area (Å²) >= 11 is 0. The van der Waals surface area contributed by atoms with Crippen LogP contribution in [0.5, 0.6) is 0 Å². The lowest BCUT2D eigenvalue weighted by molar-refractivity contribution is -0.137. The molecule has 0 unspecified atom stereocenters. The maximum atomic E-state index is 12.6. The third kappa shape index (κ3) is 4.56. The molecule has 24 heavy (non-hydrogen) atoms. The zero-order chi connectivity index (χ0) is 17.7. The van der Waals surface area contributed by atoms with E-state index >= 15 is 0 Å². The van der Waals surface area contributed by atoms with Gasteiger partial charge in [0.15, 0.2) is 0 Å². The van der Waals surface area contributed by atoms with E-state index in [0.717, 1.165) is 18.2 Å². The van der Waals surface area contributed by atoms with Crippen LogP contribution >= 0.6 is 0 Å². The number of nitrogens with two attached hydrogens (primary N) is 1. The molecule has 0 radical (unpaired) electrons. The minimum Gasteiger partial charge on any atom is -0.366 e. The van der Waals surface area contributed by atoms with Crippen LogP contribution in [0.2, 0.25) is 0 Å². The van der Waals surface area contributed by atoms with Crippen molar-refractivity contribution in [2.24, 2.45) is 5.73 Å². The molecule has 0 aromatic heterocycles. The average Bonchev–Trinajstić information content (AvgIpc) is 2.54. The highest BCUT2D eigenvalue weighted by atomic mass is 19.4. The molecule has 0 aliphatic carbocycles. The Hall–Kier alpha value is -2.87. The summed E-state index contributed by atoms with van der Waals surface area (Å²) in [5, 5.41) is 0. The van der Waals surface area contributed by atoms with Crippen molar-refractivity contribution in [3.63, 3.8) is 0 Å². The summed E-state index contributed by atoms with van der Waals surface area (Å²) in [4.78, 5) is 27.7. The first-order chi connectivity index (χ1) is 11.3. The van der Waals surface area contributed by atoms with Gasteiger partial charge in [-0.2, -0.15) is 13.2 Å². The second kappa shape index (κ2) is 7.14. The van der Waals surface area contributed by atoms with Crippen LogP contribution in [0, 0.1) is 0 Å². The molecular formula is C16H13F3N2O3. The van der Waals surface area contributed by atoms with Gasteiger partial charge in [0.05, 0.1) is 12.2 Å². The van der Waals surface area contributed by atoms with Crippen LogP contribution in [0.3, 0.4) is 0 Å². The number of carbonyl (C=O) groups is 2. The van der Waals surface area contributed by atoms with E-state index in [-0.39, 0.29) is 12.2 Å². The molecule has 0 bridgehead atoms. The van der Waals surface area contributed by atoms with Crippen molar-refractivity contribution in [3.05, 3.63) is 70.8 Å². The lowest BCUT2D eigenvalue weighted by Crippen LogP contribution is -2.24. The summed E-state index contributed by atoms with van der Waals surface area (Å²) in [6.45, 7) is -0.0241. The second-order valence-corrected chi connectivity index (χ2v) is 4.86. The van der Waals surface area contributed by atoms with Crippen LogP contribution < -0.4 is 11.2 Å². The predicted octanol–water partition coefficient (Wildman–Crippen LogP) is 2.67. The molecule has 0 fully saturated rings. The topological polar surface area (TPSA) is 81.4 Å². The second-order valence-electron chi connectivity index (χ2n) is 4.86. The Bertz CT molecular complexity index is 743. The Morgan fingerprint density at radius 1 is 1.04 bits per heavy atom. The standard InChI is InChI=1S/C16H13F3N2O3/c17-16(18,19)13-3-1-2-12(8-13)15(23)21-24-9-10-4-6-11(7-5-10)14(20)22/h1-8H,9H2,(H2,20,22)(H,21,23). The monoisotopic (exact) mass is 338 g/mol. The van der Waals surface area contributed by atoms with Gasteiger partial charge in [0.1, 0.15) is 0 Å². The molecule has 0 atom stereocenters. The summed E-state index contributed by atoms with van der Waals surface area (Å²) < 4.78 is 37.8. The van der Waals surface area contributed by atoms with Crippen molar-refractivity contribution in [1.29, 1.82) is 0 Å². The maximum Gasteiger partial charge on any atom is 0.416 e. The van der Waals surface area contributed by atoms with Gasteiger partial charge in [-0.3, -0.25) is 14.4 Å². The molecule has 2 aromatic carbocycles. The number of halogens is 3. The summed E-state index contributed by atoms with van der Waals surface area (Å²) in [5.74, 6) is -1.37. The van der Waals surface area contributed by atoms with Gasteiger partial charge in [-0.15, -0.1) is 0 Å². The molecule has 0 saturated heterocycles. The zero-order valence-electron chi connectivity index (χ0n) is 12.3. The van der Waals surface area contributed by atoms with E-state index in [9.17, 15) is 22.8 Å². The van der Waals surface area contributed by atoms with Crippen LogP contribution in [-0.4, -0.2) is 11.8 Å². The Labute approximate surface area is 135 Å². The lowest BCUT2D eigenvalue weighted by Gasteiger charge is -2.09. The van der Waals surface area contributed by atoms with Crippen molar-refractivity contribution in [3.8, 4) is 0 Å². The van der Waals surface area contributed by atoms with Crippen molar-refractivity contribution in [1.82, 2.24) is 5.48 Å². The minimum absolute atomic E-state index is 0.0241. The number of rotatable bonds is 5. The fraction of sp³-hybridized carbons (Fsp3) is 0.125. The van der Waals surface area contributed by atoms with E-state index in [4.69, 9.17) is 10.6 Å². The maximum absolute atomic E-state index is 12.6. The Balaban J connectivity index is 1.92. The van der Waals surface area contributed by atoms with Crippen molar-refractivity contribution in [2.45, 2.75) is 12.8 Å². The van der Waals surface area contributed by atoms with E-state index in [1.54, 1.807) is 12.1 Å². The van der Waals surface area contributed by atoms with Crippen molar-refractivity contribution in [2.75, 3.05) is 0 Å². The SMILES string of the molecule is NC(=O)c1ccc(CONC(=O)c2cccc(C(F)(F)F)c2)cc1. The lowest BCUT2D eigenvalue weighted by atomic mass is 10.1. The van der Waals surface area contributed by atoms with E-state index in [1.807, 2.05) is 0 Å². The van der Waals surface area contributed by atoms with Crippen LogP contribution in [0.25, 0.3) is 0 Å². The number of hydrogen-bond acceptors (Lipinski definition) is 3. The first kappa shape index (κ1) is 17.5. The van der Waals surface area contributed by atoms with Gasteiger partial charge in [0.25, 0.3) is 5.91 Å². The molecule has 0 spiro atoms. The van der Waals surface area contributed by atoms with Gasteiger partial charge >= 0.3 is 6.18 Å². The number of benzene rings is 2. The number of alkyl halides is 3. The van der Waals surface area contributed by atoms with E-state index in [0.29, 0.717) is 11.1 Å². The Kier molecular flexibility index (Phi) is 5.20. The van der Waals surface area contributed by atoms with Gasteiger partial charge in [0.2, 0.25) is 5.91 Å². The van der Waals surface area contributed by atoms with E-state index in [1.165, 1.54) is 18.2 Å². The highest BCUT2D eigenvalue weighted by molar-refractivity contribution is 5.93. The number of hydrogen-bond donors (Lipinski definition) is 2. The smallest absolute Gasteiger partial charge is 0.366 e. The van der Waals surface area contributed by atoms with Gasteiger partial charge < -0.3 is 5.73 Å². The van der Waals surface area contributed by atoms with E-state index < -0.39 is 23.6 Å². The van der Waals surface area contributed by atoms with Crippen LogP contribution in [0.15, 0.2) is 48.5 Å². The molecule has 8 heteroatoms. The van der Waals surface area contributed by atoms with Gasteiger partial charge in [-0.05, 0) is 35.9 Å². The molecule has 0 aliphatic rings. The quantitative estimate of drug-likeness (QED) is 0.823. The molecule has 2 amide bonds. The highest BCUT2D eigenvalue weighted by Gasteiger charge is 2.30. The van der Waals surface area contributed by atoms with Crippen LogP contribution in [0.4, 0.5) is 13.2 Å². The minimum atomic E-state index is -4.53. The first-order valence-electron chi connectivity index (χ1n) is 6.75. The van der Waals surface area contributed by atoms with Crippen LogP contribution in [0.1, 0.15) is 31.8 Å². The normalized spacial score (nSPS) is 11.1. The summed E-state index contributed by atoms with van der Waals surface area (Å²) in [6, 6.07) is 10.1. The van der Waals surface area contributed by atoms with Crippen molar-refractivity contribution < 1.29 is 27.6 Å². The van der Waals surface area contributed by atoms with Gasteiger partial charge in [0, 0.05) is 11.1 Å². The Morgan fingerprint density at radius 3 is 2.29 bits per heavy atom. The highest BCUT2D eigenvalue weighted by Crippen LogP contribution is 2.29. The summed E-state index contributed by atoms with van der Waals surface area (Å²) in [5.41, 5.74) is 7.05. The van der Waals surface area contributed by atoms with E-state index in [2.05, 4.69) is 5.48 Å². The van der Waals surface area contributed by atoms with Gasteiger partial charge in [-0.1, -0.05) is 18.2 Å². The third-order valence-corrected chi connectivity index (χ3v) is 3.09. The Morgan fingerprint density at radius 2 is 1.71 bits per heavy atom. The predicted molar refractivity (Wildman–Crippen MR) is 78.7 cm³/mol. The largest absolute Gasteiger partial charge is 0.416 e. The first-order valence-corrected chi connectivity index (χ1v) is 6.75. The fourth-order valence-electron chi connectivity index (χ4n) is 1.85. The molecule has 5 nitrogen and oxygen atoms in total. The number of hydroxylamine groups is 1. The molecule has 0 saturated carbocycles. The van der Waals surface area contributed by atoms with Gasteiger partial charge in [-0.25, -0.2) is 5.48 Å². The zero-order valence-corrected chi connectivity index (χ0v) is 12.3. The molecule has 0 aliphatic heterocycles. The number of primary amides is 1. The summed E-state index contributed by atoms with van der Waals surface area (Å²) in [7, 11) is 0. The fourth-order valence-corrected chi connectivity index (χ4v) is 1.85. The van der Waals surface area contributed by atoms with Crippen LogP contribution in [-0.2, 0) is 17.6 Å². The average molecular weight is 338 g/mol. The molecular weight excluding hydrogens is 325 g/mol. The molecule has 3 N–H and O–H groups in total. The molecule has 2 aromatic rings. The molecule has 2 rings (SSSR count). The van der Waals surface area contributed by atoms with Crippen molar-refractivity contribution >= 4 is 11.8 Å². The molecule has 126 valence electrons. The number of amides is 2. The number of carbonyl (C=O) groups excluding carboxylic acids is 2. The third-order valence-electron chi connectivity index (χ3n) is 3.09.